The zero-order valence-corrected chi connectivity index (χ0v) is 9.34. The fraction of sp³-hybridized carbons (Fsp3) is 0.273. The minimum atomic E-state index is 0.587. The topological polar surface area (TPSA) is 54.2 Å². The monoisotopic (exact) mass is 218 g/mol. The van der Waals surface area contributed by atoms with E-state index in [0.29, 0.717) is 12.5 Å². The first-order valence-corrected chi connectivity index (χ1v) is 5.02. The van der Waals surface area contributed by atoms with Crippen LogP contribution in [0.2, 0.25) is 0 Å². The molecule has 2 heterocycles. The van der Waals surface area contributed by atoms with Crippen LogP contribution in [-0.2, 0) is 6.54 Å². The molecule has 0 aromatic carbocycles. The highest BCUT2D eigenvalue weighted by Crippen LogP contribution is 2.09. The second-order valence-corrected chi connectivity index (χ2v) is 3.57. The molecule has 0 saturated carbocycles. The molecule has 0 aliphatic rings. The van der Waals surface area contributed by atoms with Gasteiger partial charge < -0.3 is 14.6 Å². The van der Waals surface area contributed by atoms with E-state index in [1.807, 2.05) is 37.2 Å². The first kappa shape index (κ1) is 10.5. The van der Waals surface area contributed by atoms with Crippen molar-refractivity contribution in [3.8, 4) is 0 Å². The Morgan fingerprint density at radius 2 is 2.25 bits per heavy atom. The Morgan fingerprint density at radius 3 is 2.94 bits per heavy atom. The van der Waals surface area contributed by atoms with E-state index in [9.17, 15) is 0 Å². The number of rotatable bonds is 4. The van der Waals surface area contributed by atoms with E-state index in [1.54, 1.807) is 12.5 Å². The van der Waals surface area contributed by atoms with E-state index in [2.05, 4.69) is 15.3 Å². The van der Waals surface area contributed by atoms with Gasteiger partial charge in [0, 0.05) is 20.3 Å². The van der Waals surface area contributed by atoms with E-state index in [0.717, 1.165) is 11.6 Å². The third-order valence-electron chi connectivity index (χ3n) is 2.10. The van der Waals surface area contributed by atoms with Gasteiger partial charge in [0.25, 0.3) is 0 Å². The van der Waals surface area contributed by atoms with Gasteiger partial charge in [0.05, 0.1) is 12.8 Å². The average molecular weight is 218 g/mol. The summed E-state index contributed by atoms with van der Waals surface area (Å²) in [4.78, 5) is 10.4. The fourth-order valence-electron chi connectivity index (χ4n) is 1.26. The Morgan fingerprint density at radius 1 is 1.38 bits per heavy atom. The number of aromatic nitrogens is 2. The molecule has 0 unspecified atom stereocenters. The quantitative estimate of drug-likeness (QED) is 0.847. The zero-order chi connectivity index (χ0) is 11.4. The van der Waals surface area contributed by atoms with Crippen molar-refractivity contribution in [1.82, 2.24) is 9.97 Å². The van der Waals surface area contributed by atoms with E-state index < -0.39 is 0 Å². The largest absolute Gasteiger partial charge is 0.467 e. The predicted octanol–water partition coefficient (Wildman–Crippen LogP) is 1.75. The Labute approximate surface area is 94.1 Å². The molecular formula is C11H14N4O. The molecule has 0 atom stereocenters. The number of nitrogens with one attached hydrogen (secondary N) is 1. The van der Waals surface area contributed by atoms with Crippen LogP contribution in [0.4, 0.5) is 11.8 Å². The number of furan rings is 1. The summed E-state index contributed by atoms with van der Waals surface area (Å²) in [6, 6.07) is 5.62. The fourth-order valence-corrected chi connectivity index (χ4v) is 1.26. The SMILES string of the molecule is CN(C)c1ccnc(NCc2ccco2)n1. The van der Waals surface area contributed by atoms with Crippen LogP contribution in [0.15, 0.2) is 35.1 Å². The maximum atomic E-state index is 5.20. The Hall–Kier alpha value is -2.04. The maximum absolute atomic E-state index is 5.20. The van der Waals surface area contributed by atoms with Gasteiger partial charge in [-0.05, 0) is 18.2 Å². The summed E-state index contributed by atoms with van der Waals surface area (Å²) < 4.78 is 5.20. The molecule has 84 valence electrons. The molecule has 0 bridgehead atoms. The molecule has 1 N–H and O–H groups in total. The molecule has 0 aliphatic heterocycles. The summed E-state index contributed by atoms with van der Waals surface area (Å²) in [5.74, 6) is 2.33. The molecule has 2 aromatic rings. The number of anilines is 2. The summed E-state index contributed by atoms with van der Waals surface area (Å²) in [7, 11) is 3.89. The van der Waals surface area contributed by atoms with Gasteiger partial charge in [0.15, 0.2) is 0 Å². The van der Waals surface area contributed by atoms with Crippen molar-refractivity contribution in [2.24, 2.45) is 0 Å². The molecular weight excluding hydrogens is 204 g/mol. The minimum absolute atomic E-state index is 0.587. The lowest BCUT2D eigenvalue weighted by Gasteiger charge is -2.11. The summed E-state index contributed by atoms with van der Waals surface area (Å²) in [6.45, 7) is 0.587. The standard InChI is InChI=1S/C11H14N4O/c1-15(2)10-5-6-12-11(14-10)13-8-9-4-3-7-16-9/h3-7H,8H2,1-2H3,(H,12,13,14). The van der Waals surface area contributed by atoms with Crippen LogP contribution >= 0.6 is 0 Å². The molecule has 0 fully saturated rings. The van der Waals surface area contributed by atoms with Gasteiger partial charge in [0.2, 0.25) is 5.95 Å². The van der Waals surface area contributed by atoms with Gasteiger partial charge >= 0.3 is 0 Å². The zero-order valence-electron chi connectivity index (χ0n) is 9.34. The van der Waals surface area contributed by atoms with Crippen LogP contribution in [-0.4, -0.2) is 24.1 Å². The van der Waals surface area contributed by atoms with Crippen LogP contribution in [0.1, 0.15) is 5.76 Å². The van der Waals surface area contributed by atoms with Gasteiger partial charge in [-0.2, -0.15) is 4.98 Å². The maximum Gasteiger partial charge on any atom is 0.224 e. The van der Waals surface area contributed by atoms with Gasteiger partial charge in [-0.3, -0.25) is 0 Å². The molecule has 0 saturated heterocycles. The lowest BCUT2D eigenvalue weighted by Crippen LogP contribution is -2.12. The van der Waals surface area contributed by atoms with E-state index in [4.69, 9.17) is 4.42 Å². The van der Waals surface area contributed by atoms with Crippen LogP contribution in [0.3, 0.4) is 0 Å². The summed E-state index contributed by atoms with van der Waals surface area (Å²) in [5, 5.41) is 3.10. The molecule has 16 heavy (non-hydrogen) atoms. The van der Waals surface area contributed by atoms with Crippen molar-refractivity contribution in [3.05, 3.63) is 36.4 Å². The third kappa shape index (κ3) is 2.50. The smallest absolute Gasteiger partial charge is 0.224 e. The number of hydrogen-bond donors (Lipinski definition) is 1. The molecule has 0 radical (unpaired) electrons. The number of nitrogens with zero attached hydrogens (tertiary/aromatic N) is 3. The van der Waals surface area contributed by atoms with E-state index in [1.165, 1.54) is 0 Å². The van der Waals surface area contributed by atoms with Crippen LogP contribution < -0.4 is 10.2 Å². The molecule has 2 rings (SSSR count). The van der Waals surface area contributed by atoms with Crippen molar-refractivity contribution in [2.75, 3.05) is 24.3 Å². The molecule has 0 amide bonds. The van der Waals surface area contributed by atoms with Crippen molar-refractivity contribution < 1.29 is 4.42 Å². The van der Waals surface area contributed by atoms with Crippen LogP contribution in [0.5, 0.6) is 0 Å². The summed E-state index contributed by atoms with van der Waals surface area (Å²) in [5.41, 5.74) is 0. The lowest BCUT2D eigenvalue weighted by molar-refractivity contribution is 0.517. The van der Waals surface area contributed by atoms with Crippen molar-refractivity contribution in [3.63, 3.8) is 0 Å². The summed E-state index contributed by atoms with van der Waals surface area (Å²) in [6.07, 6.45) is 3.38. The number of hydrogen-bond acceptors (Lipinski definition) is 5. The molecule has 0 aliphatic carbocycles. The second-order valence-electron chi connectivity index (χ2n) is 3.57. The van der Waals surface area contributed by atoms with Gasteiger partial charge in [-0.25, -0.2) is 4.98 Å². The normalized spacial score (nSPS) is 10.1. The molecule has 5 heteroatoms. The Balaban J connectivity index is 2.01. The predicted molar refractivity (Wildman–Crippen MR) is 62.4 cm³/mol. The summed E-state index contributed by atoms with van der Waals surface area (Å²) >= 11 is 0. The van der Waals surface area contributed by atoms with Crippen molar-refractivity contribution in [2.45, 2.75) is 6.54 Å². The lowest BCUT2D eigenvalue weighted by atomic mass is 10.4. The highest BCUT2D eigenvalue weighted by Gasteiger charge is 2.01. The molecule has 0 spiro atoms. The van der Waals surface area contributed by atoms with E-state index >= 15 is 0 Å². The first-order valence-electron chi connectivity index (χ1n) is 5.02. The Kier molecular flexibility index (Phi) is 3.05. The van der Waals surface area contributed by atoms with Crippen LogP contribution in [0, 0.1) is 0 Å². The van der Waals surface area contributed by atoms with Crippen molar-refractivity contribution in [1.29, 1.82) is 0 Å². The highest BCUT2D eigenvalue weighted by molar-refractivity contribution is 5.40. The average Bonchev–Trinajstić information content (AvgIpc) is 2.79. The van der Waals surface area contributed by atoms with Gasteiger partial charge in [-0.15, -0.1) is 0 Å². The highest BCUT2D eigenvalue weighted by atomic mass is 16.3. The minimum Gasteiger partial charge on any atom is -0.467 e. The second kappa shape index (κ2) is 4.65. The third-order valence-corrected chi connectivity index (χ3v) is 2.10. The van der Waals surface area contributed by atoms with Crippen LogP contribution in [0.25, 0.3) is 0 Å². The molecule has 5 nitrogen and oxygen atoms in total. The molecule has 2 aromatic heterocycles. The van der Waals surface area contributed by atoms with E-state index in [-0.39, 0.29) is 0 Å². The first-order chi connectivity index (χ1) is 7.75. The van der Waals surface area contributed by atoms with Gasteiger partial charge in [-0.1, -0.05) is 0 Å². The van der Waals surface area contributed by atoms with Gasteiger partial charge in [0.1, 0.15) is 11.6 Å². The Bertz CT molecular complexity index is 439. The van der Waals surface area contributed by atoms with Crippen molar-refractivity contribution >= 4 is 11.8 Å².